The van der Waals surface area contributed by atoms with Gasteiger partial charge in [-0.3, -0.25) is 9.59 Å². The van der Waals surface area contributed by atoms with Crippen molar-refractivity contribution in [2.75, 3.05) is 41.0 Å². The first-order valence-corrected chi connectivity index (χ1v) is 22.0. The van der Waals surface area contributed by atoms with Crippen molar-refractivity contribution in [2.24, 2.45) is 0 Å². The Labute approximate surface area is 332 Å². The molecule has 0 saturated heterocycles. The normalized spacial score (nSPS) is 13.3. The minimum absolute atomic E-state index is 0.0491. The second kappa shape index (κ2) is 37.5. The number of rotatable bonds is 39. The maximum absolute atomic E-state index is 12.7. The molecule has 0 aromatic rings. The fourth-order valence-electron chi connectivity index (χ4n) is 6.40. The van der Waals surface area contributed by atoms with E-state index in [1.54, 1.807) is 0 Å². The third kappa shape index (κ3) is 35.3. The number of esters is 2. The highest BCUT2D eigenvalue weighted by atomic mass is 16.6. The number of hydrogen-bond donors (Lipinski definition) is 1. The van der Waals surface area contributed by atoms with Crippen molar-refractivity contribution in [2.45, 2.75) is 199 Å². The number of aliphatic carboxylic acids is 1. The second-order valence-electron chi connectivity index (χ2n) is 15.9. The molecule has 0 spiro atoms. The van der Waals surface area contributed by atoms with Crippen molar-refractivity contribution in [3.8, 4) is 0 Å². The van der Waals surface area contributed by atoms with E-state index >= 15 is 0 Å². The summed E-state index contributed by atoms with van der Waals surface area (Å²) in [7, 11) is 5.52. The summed E-state index contributed by atoms with van der Waals surface area (Å²) < 4.78 is 17.2. The van der Waals surface area contributed by atoms with Crippen molar-refractivity contribution in [1.82, 2.24) is 0 Å². The summed E-state index contributed by atoms with van der Waals surface area (Å²) in [5, 5.41) is 9.59. The van der Waals surface area contributed by atoms with Crippen LogP contribution in [0.3, 0.4) is 0 Å². The molecule has 1 N–H and O–H groups in total. The number of allylic oxidation sites excluding steroid dienone is 6. The zero-order valence-electron chi connectivity index (χ0n) is 35.7. The lowest BCUT2D eigenvalue weighted by molar-refractivity contribution is -0.887. The zero-order valence-corrected chi connectivity index (χ0v) is 35.7. The Morgan fingerprint density at radius 3 is 1.54 bits per heavy atom. The van der Waals surface area contributed by atoms with E-state index in [1.165, 1.54) is 96.3 Å². The first-order valence-electron chi connectivity index (χ1n) is 22.0. The number of hydrogen-bond acceptors (Lipinski definition) is 6. The minimum atomic E-state index is -0.875. The molecular formula is C46H84NO7+. The summed E-state index contributed by atoms with van der Waals surface area (Å²) in [6.07, 6.45) is 42.1. The van der Waals surface area contributed by atoms with E-state index in [2.05, 4.69) is 50.3 Å². The Bertz CT molecular complexity index is 984. The van der Waals surface area contributed by atoms with Gasteiger partial charge >= 0.3 is 17.9 Å². The molecule has 0 rings (SSSR count). The van der Waals surface area contributed by atoms with E-state index in [9.17, 15) is 19.5 Å². The van der Waals surface area contributed by atoms with E-state index in [4.69, 9.17) is 14.2 Å². The maximum atomic E-state index is 12.7. The van der Waals surface area contributed by atoms with Gasteiger partial charge in [0, 0.05) is 19.3 Å². The topological polar surface area (TPSA) is 99.1 Å². The van der Waals surface area contributed by atoms with Crippen LogP contribution in [0, 0.1) is 0 Å². The van der Waals surface area contributed by atoms with Gasteiger partial charge in [0.2, 0.25) is 0 Å². The summed E-state index contributed by atoms with van der Waals surface area (Å²) >= 11 is 0. The van der Waals surface area contributed by atoms with Gasteiger partial charge in [-0.05, 0) is 44.9 Å². The lowest BCUT2D eigenvalue weighted by Gasteiger charge is -2.31. The second-order valence-corrected chi connectivity index (χ2v) is 15.9. The van der Waals surface area contributed by atoms with E-state index < -0.39 is 18.1 Å². The van der Waals surface area contributed by atoms with Crippen molar-refractivity contribution < 1.29 is 38.2 Å². The molecule has 54 heavy (non-hydrogen) atoms. The Morgan fingerprint density at radius 2 is 1.04 bits per heavy atom. The zero-order chi connectivity index (χ0) is 40.0. The van der Waals surface area contributed by atoms with Crippen LogP contribution in [-0.2, 0) is 28.6 Å². The molecule has 0 aromatic heterocycles. The SMILES string of the molecule is CC/C=C/C/C=C/C/C=C/CCCCCCCCCCCCCCCC(=O)OC(COCCC(C(=O)O)[N+](C)(C)C)COC(=O)CCCCCCCCC. The van der Waals surface area contributed by atoms with Gasteiger partial charge in [0.25, 0.3) is 0 Å². The molecule has 0 aliphatic carbocycles. The Morgan fingerprint density at radius 1 is 0.574 bits per heavy atom. The van der Waals surface area contributed by atoms with Gasteiger partial charge in [-0.15, -0.1) is 0 Å². The standard InChI is InChI=1S/C46H83NO7/c1-6-8-10-12-14-15-16-17-18-19-20-21-22-23-24-25-26-27-28-29-31-33-35-37-45(49)54-42(40-52-39-38-43(46(50)51)47(3,4)5)41-53-44(48)36-34-32-30-13-11-9-7-2/h8,10,14-15,17-18,42-43H,6-7,9,11-13,16,19-41H2,1-5H3/p+1/b10-8+,15-14+,18-17+. The lowest BCUT2D eigenvalue weighted by Crippen LogP contribution is -2.50. The van der Waals surface area contributed by atoms with Crippen molar-refractivity contribution in [1.29, 1.82) is 0 Å². The molecule has 0 heterocycles. The number of carbonyl (C=O) groups is 3. The van der Waals surface area contributed by atoms with Gasteiger partial charge < -0.3 is 23.8 Å². The van der Waals surface area contributed by atoms with Crippen LogP contribution in [0.4, 0.5) is 0 Å². The highest BCUT2D eigenvalue weighted by Crippen LogP contribution is 2.15. The molecular weight excluding hydrogens is 679 g/mol. The van der Waals surface area contributed by atoms with Crippen molar-refractivity contribution in [3.63, 3.8) is 0 Å². The number of unbranched alkanes of at least 4 members (excludes halogenated alkanes) is 19. The average Bonchev–Trinajstić information content (AvgIpc) is 3.12. The summed E-state index contributed by atoms with van der Waals surface area (Å²) in [6.45, 7) is 4.59. The quantitative estimate of drug-likeness (QED) is 0.0288. The van der Waals surface area contributed by atoms with Crippen LogP contribution in [-0.4, -0.2) is 80.6 Å². The first-order chi connectivity index (χ1) is 26.1. The molecule has 0 fully saturated rings. The number of carboxylic acids is 1. The number of ether oxygens (including phenoxy) is 3. The minimum Gasteiger partial charge on any atom is -0.477 e. The van der Waals surface area contributed by atoms with E-state index in [-0.39, 0.29) is 36.2 Å². The lowest BCUT2D eigenvalue weighted by atomic mass is 10.0. The number of carboxylic acid groups (broad SMARTS) is 1. The predicted octanol–water partition coefficient (Wildman–Crippen LogP) is 11.9. The molecule has 0 saturated carbocycles. The molecule has 0 amide bonds. The number of nitrogens with zero attached hydrogens (tertiary/aromatic N) is 1. The molecule has 0 radical (unpaired) electrons. The van der Waals surface area contributed by atoms with Gasteiger partial charge in [-0.2, -0.15) is 0 Å². The van der Waals surface area contributed by atoms with E-state index in [1.807, 2.05) is 21.1 Å². The smallest absolute Gasteiger partial charge is 0.362 e. The maximum Gasteiger partial charge on any atom is 0.362 e. The van der Waals surface area contributed by atoms with Crippen LogP contribution in [0.1, 0.15) is 187 Å². The molecule has 314 valence electrons. The Hall–Kier alpha value is -2.45. The molecule has 0 bridgehead atoms. The summed E-state index contributed by atoms with van der Waals surface area (Å²) in [4.78, 5) is 36.8. The average molecular weight is 763 g/mol. The fraction of sp³-hybridized carbons (Fsp3) is 0.804. The van der Waals surface area contributed by atoms with Crippen LogP contribution < -0.4 is 0 Å². The van der Waals surface area contributed by atoms with Gasteiger partial charge in [0.05, 0.1) is 34.4 Å². The van der Waals surface area contributed by atoms with Gasteiger partial charge in [-0.25, -0.2) is 4.79 Å². The summed E-state index contributed by atoms with van der Waals surface area (Å²) in [6, 6.07) is -0.611. The van der Waals surface area contributed by atoms with Crippen LogP contribution in [0.5, 0.6) is 0 Å². The fourth-order valence-corrected chi connectivity index (χ4v) is 6.40. The van der Waals surface area contributed by atoms with Gasteiger partial charge in [-0.1, -0.05) is 159 Å². The monoisotopic (exact) mass is 763 g/mol. The predicted molar refractivity (Wildman–Crippen MR) is 225 cm³/mol. The number of quaternary nitrogens is 1. The summed E-state index contributed by atoms with van der Waals surface area (Å²) in [5.74, 6) is -1.47. The number of carbonyl (C=O) groups excluding carboxylic acids is 2. The Kier molecular flexibility index (Phi) is 35.8. The highest BCUT2D eigenvalue weighted by Gasteiger charge is 2.31. The van der Waals surface area contributed by atoms with Crippen molar-refractivity contribution >= 4 is 17.9 Å². The van der Waals surface area contributed by atoms with Crippen molar-refractivity contribution in [3.05, 3.63) is 36.5 Å². The Balaban J connectivity index is 4.14. The molecule has 2 unspecified atom stereocenters. The van der Waals surface area contributed by atoms with Gasteiger partial charge in [0.1, 0.15) is 6.61 Å². The van der Waals surface area contributed by atoms with Crippen LogP contribution in [0.15, 0.2) is 36.5 Å². The van der Waals surface area contributed by atoms with Crippen LogP contribution in [0.2, 0.25) is 0 Å². The first kappa shape index (κ1) is 51.5. The largest absolute Gasteiger partial charge is 0.477 e. The van der Waals surface area contributed by atoms with E-state index in [0.717, 1.165) is 57.8 Å². The van der Waals surface area contributed by atoms with E-state index in [0.29, 0.717) is 19.3 Å². The van der Waals surface area contributed by atoms with Crippen LogP contribution in [0.25, 0.3) is 0 Å². The highest BCUT2D eigenvalue weighted by molar-refractivity contribution is 5.72. The molecule has 8 nitrogen and oxygen atoms in total. The third-order valence-electron chi connectivity index (χ3n) is 9.80. The molecule has 0 aliphatic rings. The molecule has 8 heteroatoms. The summed E-state index contributed by atoms with van der Waals surface area (Å²) in [5.41, 5.74) is 0. The number of likely N-dealkylation sites (N-methyl/N-ethyl adjacent to an activating group) is 1. The third-order valence-corrected chi connectivity index (χ3v) is 9.80. The van der Waals surface area contributed by atoms with Gasteiger partial charge in [0.15, 0.2) is 12.1 Å². The van der Waals surface area contributed by atoms with Crippen LogP contribution >= 0.6 is 0 Å². The molecule has 2 atom stereocenters. The molecule has 0 aromatic carbocycles. The molecule has 0 aliphatic heterocycles.